The Bertz CT molecular complexity index is 555. The van der Waals surface area contributed by atoms with Crippen LogP contribution in [-0.4, -0.2) is 26.5 Å². The van der Waals surface area contributed by atoms with Gasteiger partial charge in [-0.15, -0.1) is 11.8 Å². The van der Waals surface area contributed by atoms with Gasteiger partial charge in [0.05, 0.1) is 11.3 Å². The molecule has 3 atom stereocenters. The minimum Gasteiger partial charge on any atom is -0.333 e. The van der Waals surface area contributed by atoms with Crippen LogP contribution in [0.25, 0.3) is 0 Å². The van der Waals surface area contributed by atoms with E-state index >= 15 is 0 Å². The molecule has 20 heavy (non-hydrogen) atoms. The van der Waals surface area contributed by atoms with E-state index in [0.29, 0.717) is 5.82 Å². The van der Waals surface area contributed by atoms with Crippen molar-refractivity contribution in [3.05, 3.63) is 22.6 Å². The molecule has 0 saturated carbocycles. The van der Waals surface area contributed by atoms with Crippen molar-refractivity contribution in [2.75, 3.05) is 0 Å². The van der Waals surface area contributed by atoms with E-state index < -0.39 is 0 Å². The van der Waals surface area contributed by atoms with Crippen LogP contribution >= 0.6 is 11.8 Å². The van der Waals surface area contributed by atoms with E-state index in [1.165, 1.54) is 36.1 Å². The van der Waals surface area contributed by atoms with Gasteiger partial charge in [0.15, 0.2) is 5.82 Å². The maximum absolute atomic E-state index is 12.5. The molecule has 6 nitrogen and oxygen atoms in total. The largest absolute Gasteiger partial charge is 0.333 e. The standard InChI is InChI=1S/C13H17N5OS/c19-12-9-7-4-2-1-3-5-8(7)20-13(9)17-11(16-12)10-14-6-15-18-10/h6,9,11,13,17H,1-5H2,(H,16,19)(H,14,15,18). The fraction of sp³-hybridized carbons (Fsp3) is 0.615. The predicted molar refractivity (Wildman–Crippen MR) is 75.4 cm³/mol. The summed E-state index contributed by atoms with van der Waals surface area (Å²) in [5.74, 6) is 0.779. The Kier molecular flexibility index (Phi) is 3.03. The molecule has 0 radical (unpaired) electrons. The number of fused-ring (bicyclic) bond motifs is 2. The number of allylic oxidation sites excluding steroid dienone is 1. The van der Waals surface area contributed by atoms with Gasteiger partial charge < -0.3 is 5.32 Å². The number of rotatable bonds is 1. The van der Waals surface area contributed by atoms with Crippen molar-refractivity contribution >= 4 is 17.7 Å². The molecule has 4 rings (SSSR count). The zero-order valence-corrected chi connectivity index (χ0v) is 11.9. The summed E-state index contributed by atoms with van der Waals surface area (Å²) in [5.41, 5.74) is 1.37. The van der Waals surface area contributed by atoms with Crippen molar-refractivity contribution < 1.29 is 4.79 Å². The Labute approximate surface area is 121 Å². The molecule has 0 bridgehead atoms. The number of nitrogens with zero attached hydrogens (tertiary/aromatic N) is 2. The molecule has 3 N–H and O–H groups in total. The fourth-order valence-corrected chi connectivity index (χ4v) is 4.89. The lowest BCUT2D eigenvalue weighted by Crippen LogP contribution is -2.54. The van der Waals surface area contributed by atoms with Crippen LogP contribution in [0.4, 0.5) is 0 Å². The molecule has 1 fully saturated rings. The number of nitrogens with one attached hydrogen (secondary N) is 3. The highest BCUT2D eigenvalue weighted by Crippen LogP contribution is 2.48. The van der Waals surface area contributed by atoms with Crippen LogP contribution < -0.4 is 10.6 Å². The van der Waals surface area contributed by atoms with Crippen LogP contribution in [-0.2, 0) is 4.79 Å². The molecular weight excluding hydrogens is 274 g/mol. The van der Waals surface area contributed by atoms with E-state index in [0.717, 1.165) is 12.8 Å². The molecule has 0 aromatic carbocycles. The zero-order chi connectivity index (χ0) is 13.5. The predicted octanol–water partition coefficient (Wildman–Crippen LogP) is 1.43. The lowest BCUT2D eigenvalue weighted by Gasteiger charge is -2.33. The molecule has 0 spiro atoms. The topological polar surface area (TPSA) is 82.7 Å². The highest BCUT2D eigenvalue weighted by atomic mass is 32.2. The van der Waals surface area contributed by atoms with Crippen molar-refractivity contribution in [1.82, 2.24) is 25.8 Å². The second-order valence-electron chi connectivity index (χ2n) is 5.50. The van der Waals surface area contributed by atoms with Crippen LogP contribution in [0.1, 0.15) is 44.1 Å². The van der Waals surface area contributed by atoms with E-state index in [2.05, 4.69) is 25.8 Å². The molecule has 106 valence electrons. The maximum Gasteiger partial charge on any atom is 0.231 e. The molecule has 1 aliphatic carbocycles. The number of H-pyrrole nitrogens is 1. The number of carbonyl (C=O) groups is 1. The molecule has 1 saturated heterocycles. The number of thioether (sulfide) groups is 1. The average Bonchev–Trinajstić information content (AvgIpc) is 3.02. The third kappa shape index (κ3) is 1.96. The van der Waals surface area contributed by atoms with Gasteiger partial charge in [-0.1, -0.05) is 6.42 Å². The van der Waals surface area contributed by atoms with E-state index in [1.54, 1.807) is 0 Å². The molecule has 3 heterocycles. The van der Waals surface area contributed by atoms with Gasteiger partial charge in [-0.05, 0) is 36.2 Å². The summed E-state index contributed by atoms with van der Waals surface area (Å²) in [6.07, 6.45) is 7.15. The minimum absolute atomic E-state index is 0.00716. The lowest BCUT2D eigenvalue weighted by atomic mass is 9.92. The molecule has 7 heteroatoms. The normalized spacial score (nSPS) is 33.4. The van der Waals surface area contributed by atoms with E-state index in [9.17, 15) is 4.79 Å². The van der Waals surface area contributed by atoms with Gasteiger partial charge in [-0.3, -0.25) is 15.2 Å². The Morgan fingerprint density at radius 2 is 2.15 bits per heavy atom. The second-order valence-corrected chi connectivity index (χ2v) is 6.74. The first-order valence-corrected chi connectivity index (χ1v) is 8.01. The minimum atomic E-state index is -0.262. The van der Waals surface area contributed by atoms with Crippen LogP contribution in [0.3, 0.4) is 0 Å². The zero-order valence-electron chi connectivity index (χ0n) is 11.1. The van der Waals surface area contributed by atoms with Crippen LogP contribution in [0.2, 0.25) is 0 Å². The fourth-order valence-electron chi connectivity index (χ4n) is 3.31. The van der Waals surface area contributed by atoms with Crippen LogP contribution in [0.5, 0.6) is 0 Å². The summed E-state index contributed by atoms with van der Waals surface area (Å²) in [6.45, 7) is 0. The first-order valence-electron chi connectivity index (χ1n) is 7.13. The van der Waals surface area contributed by atoms with Crippen LogP contribution in [0.15, 0.2) is 16.8 Å². The number of aromatic nitrogens is 3. The van der Waals surface area contributed by atoms with Crippen LogP contribution in [0, 0.1) is 5.92 Å². The van der Waals surface area contributed by atoms with Crippen molar-refractivity contribution in [3.63, 3.8) is 0 Å². The highest BCUT2D eigenvalue weighted by Gasteiger charge is 2.45. The van der Waals surface area contributed by atoms with E-state index in [1.807, 2.05) is 11.8 Å². The van der Waals surface area contributed by atoms with Gasteiger partial charge in [0.1, 0.15) is 12.5 Å². The van der Waals surface area contributed by atoms with Gasteiger partial charge >= 0.3 is 0 Å². The summed E-state index contributed by atoms with van der Waals surface area (Å²) in [7, 11) is 0. The quantitative estimate of drug-likeness (QED) is 0.729. The Morgan fingerprint density at radius 3 is 3.00 bits per heavy atom. The molecule has 3 aliphatic rings. The van der Waals surface area contributed by atoms with E-state index in [-0.39, 0.29) is 23.4 Å². The SMILES string of the molecule is O=C1NC(c2ncn[nH]2)NC2SC3=C(CCCCC3)C12. The van der Waals surface area contributed by atoms with Gasteiger partial charge in [0, 0.05) is 0 Å². The number of carbonyl (C=O) groups excluding carboxylic acids is 1. The molecule has 1 aromatic heterocycles. The van der Waals surface area contributed by atoms with E-state index in [4.69, 9.17) is 0 Å². The molecule has 2 aliphatic heterocycles. The first-order chi connectivity index (χ1) is 9.83. The number of aromatic amines is 1. The van der Waals surface area contributed by atoms with Crippen molar-refractivity contribution in [2.45, 2.75) is 43.6 Å². The smallest absolute Gasteiger partial charge is 0.231 e. The second kappa shape index (κ2) is 4.89. The number of hydrogen-bond acceptors (Lipinski definition) is 5. The third-order valence-electron chi connectivity index (χ3n) is 4.26. The van der Waals surface area contributed by atoms with Gasteiger partial charge in [-0.2, -0.15) is 5.10 Å². The van der Waals surface area contributed by atoms with Crippen molar-refractivity contribution in [2.24, 2.45) is 5.92 Å². The maximum atomic E-state index is 12.5. The molecule has 1 amide bonds. The average molecular weight is 291 g/mol. The molecule has 3 unspecified atom stereocenters. The highest BCUT2D eigenvalue weighted by molar-refractivity contribution is 8.04. The molecular formula is C13H17N5OS. The van der Waals surface area contributed by atoms with Gasteiger partial charge in [0.2, 0.25) is 5.91 Å². The monoisotopic (exact) mass is 291 g/mol. The summed E-state index contributed by atoms with van der Waals surface area (Å²) in [5, 5.41) is 13.3. The first kappa shape index (κ1) is 12.4. The van der Waals surface area contributed by atoms with Crippen molar-refractivity contribution in [1.29, 1.82) is 0 Å². The van der Waals surface area contributed by atoms with Gasteiger partial charge in [-0.25, -0.2) is 4.98 Å². The third-order valence-corrected chi connectivity index (χ3v) is 5.68. The van der Waals surface area contributed by atoms with Crippen molar-refractivity contribution in [3.8, 4) is 0 Å². The van der Waals surface area contributed by atoms with Gasteiger partial charge in [0.25, 0.3) is 0 Å². The Balaban J connectivity index is 1.58. The number of amides is 1. The Morgan fingerprint density at radius 1 is 1.25 bits per heavy atom. The molecule has 1 aromatic rings. The summed E-state index contributed by atoms with van der Waals surface area (Å²) >= 11 is 1.84. The summed E-state index contributed by atoms with van der Waals surface area (Å²) in [6, 6.07) is 0. The lowest BCUT2D eigenvalue weighted by molar-refractivity contribution is -0.127. The summed E-state index contributed by atoms with van der Waals surface area (Å²) < 4.78 is 0. The number of hydrogen-bond donors (Lipinski definition) is 3. The Hall–Kier alpha value is -1.34. The summed E-state index contributed by atoms with van der Waals surface area (Å²) in [4.78, 5) is 18.1.